The Bertz CT molecular complexity index is 626. The molecule has 0 radical (unpaired) electrons. The molecule has 1 heterocycles. The number of hydrogen-bond acceptors (Lipinski definition) is 4. The Balaban J connectivity index is 2.23. The maximum Gasteiger partial charge on any atom is 0.131 e. The molecule has 0 unspecified atom stereocenters. The predicted molar refractivity (Wildman–Crippen MR) is 85.6 cm³/mol. The quantitative estimate of drug-likeness (QED) is 0.866. The van der Waals surface area contributed by atoms with Gasteiger partial charge in [0.1, 0.15) is 18.1 Å². The summed E-state index contributed by atoms with van der Waals surface area (Å²) in [6.45, 7) is 5.67. The molecule has 0 aliphatic heterocycles. The van der Waals surface area contributed by atoms with Crippen molar-refractivity contribution in [1.29, 1.82) is 0 Å². The Labute approximate surface area is 133 Å². The van der Waals surface area contributed by atoms with E-state index >= 15 is 0 Å². The van der Waals surface area contributed by atoms with Crippen molar-refractivity contribution in [3.05, 3.63) is 39.6 Å². The molecule has 0 fully saturated rings. The van der Waals surface area contributed by atoms with Crippen LogP contribution in [-0.4, -0.2) is 16.9 Å². The van der Waals surface area contributed by atoms with E-state index in [1.165, 1.54) is 0 Å². The summed E-state index contributed by atoms with van der Waals surface area (Å²) in [6, 6.07) is 5.66. The summed E-state index contributed by atoms with van der Waals surface area (Å²) in [5.74, 6) is 1.49. The highest BCUT2D eigenvalue weighted by molar-refractivity contribution is 9.10. The minimum atomic E-state index is 0.423. The van der Waals surface area contributed by atoms with Crippen LogP contribution in [0.15, 0.2) is 22.7 Å². The van der Waals surface area contributed by atoms with Crippen LogP contribution in [0.2, 0.25) is 0 Å². The molecule has 5 nitrogen and oxygen atoms in total. The Morgan fingerprint density at radius 1 is 1.38 bits per heavy atom. The second-order valence-electron chi connectivity index (χ2n) is 4.63. The van der Waals surface area contributed by atoms with Crippen molar-refractivity contribution in [3.8, 4) is 11.5 Å². The molecule has 0 bridgehead atoms. The van der Waals surface area contributed by atoms with Crippen LogP contribution in [0, 0.1) is 6.92 Å². The third kappa shape index (κ3) is 3.39. The average molecular weight is 354 g/mol. The third-order valence-corrected chi connectivity index (χ3v) is 4.34. The fraction of sp³-hybridized carbons (Fsp3) is 0.400. The van der Waals surface area contributed by atoms with Gasteiger partial charge in [-0.2, -0.15) is 5.10 Å². The first-order valence-electron chi connectivity index (χ1n) is 6.82. The van der Waals surface area contributed by atoms with E-state index in [1.807, 2.05) is 29.8 Å². The summed E-state index contributed by atoms with van der Waals surface area (Å²) in [4.78, 5) is 0. The van der Waals surface area contributed by atoms with Crippen molar-refractivity contribution < 1.29 is 9.47 Å². The first-order valence-corrected chi connectivity index (χ1v) is 7.61. The van der Waals surface area contributed by atoms with Gasteiger partial charge in [0, 0.05) is 24.7 Å². The summed E-state index contributed by atoms with van der Waals surface area (Å²) in [6.07, 6.45) is 0. The van der Waals surface area contributed by atoms with Crippen molar-refractivity contribution in [2.45, 2.75) is 33.5 Å². The molecule has 2 aromatic rings. The minimum absolute atomic E-state index is 0.423. The van der Waals surface area contributed by atoms with E-state index in [0.29, 0.717) is 13.2 Å². The lowest BCUT2D eigenvalue weighted by molar-refractivity contribution is 0.286. The number of benzene rings is 1. The first kappa shape index (κ1) is 15.9. The maximum atomic E-state index is 5.94. The summed E-state index contributed by atoms with van der Waals surface area (Å²) in [7, 11) is 1.63. The maximum absolute atomic E-state index is 5.94. The summed E-state index contributed by atoms with van der Waals surface area (Å²) in [5.41, 5.74) is 8.68. The van der Waals surface area contributed by atoms with Crippen molar-refractivity contribution in [3.63, 3.8) is 0 Å². The molecule has 0 saturated heterocycles. The molecule has 21 heavy (non-hydrogen) atoms. The van der Waals surface area contributed by atoms with Gasteiger partial charge in [0.05, 0.1) is 23.0 Å². The van der Waals surface area contributed by atoms with Crippen LogP contribution in [-0.2, 0) is 19.7 Å². The molecular weight excluding hydrogens is 334 g/mol. The molecule has 1 aromatic carbocycles. The SMILES string of the molecule is CCn1nc(C)c(Br)c1COc1cc(OC)ccc1CN. The van der Waals surface area contributed by atoms with Crippen LogP contribution >= 0.6 is 15.9 Å². The molecular formula is C15H20BrN3O2. The normalized spacial score (nSPS) is 10.7. The molecule has 0 saturated carbocycles. The van der Waals surface area contributed by atoms with Crippen LogP contribution in [0.25, 0.3) is 0 Å². The van der Waals surface area contributed by atoms with Crippen LogP contribution < -0.4 is 15.2 Å². The van der Waals surface area contributed by atoms with E-state index in [9.17, 15) is 0 Å². The minimum Gasteiger partial charge on any atom is -0.497 e. The molecule has 2 rings (SSSR count). The van der Waals surface area contributed by atoms with Crippen LogP contribution in [0.1, 0.15) is 23.9 Å². The predicted octanol–water partition coefficient (Wildman–Crippen LogP) is 3.02. The molecule has 114 valence electrons. The van der Waals surface area contributed by atoms with Crippen LogP contribution in [0.3, 0.4) is 0 Å². The van der Waals surface area contributed by atoms with Gasteiger partial charge in [0.2, 0.25) is 0 Å². The lowest BCUT2D eigenvalue weighted by Crippen LogP contribution is -2.08. The zero-order valence-electron chi connectivity index (χ0n) is 12.5. The van der Waals surface area contributed by atoms with Gasteiger partial charge in [-0.3, -0.25) is 4.68 Å². The van der Waals surface area contributed by atoms with Crippen LogP contribution in [0.4, 0.5) is 0 Å². The number of ether oxygens (including phenoxy) is 2. The average Bonchev–Trinajstić information content (AvgIpc) is 2.79. The van der Waals surface area contributed by atoms with Crippen molar-refractivity contribution in [2.24, 2.45) is 5.73 Å². The standard InChI is InChI=1S/C15H20BrN3O2/c1-4-19-13(15(16)10(2)18-19)9-21-14-7-12(20-3)6-5-11(14)8-17/h5-7H,4,8-9,17H2,1-3H3. The molecule has 2 N–H and O–H groups in total. The lowest BCUT2D eigenvalue weighted by atomic mass is 10.2. The van der Waals surface area contributed by atoms with Gasteiger partial charge in [0.25, 0.3) is 0 Å². The summed E-state index contributed by atoms with van der Waals surface area (Å²) >= 11 is 3.57. The lowest BCUT2D eigenvalue weighted by Gasteiger charge is -2.13. The number of methoxy groups -OCH3 is 1. The van der Waals surface area contributed by atoms with Crippen molar-refractivity contribution in [2.75, 3.05) is 7.11 Å². The van der Waals surface area contributed by atoms with Crippen molar-refractivity contribution >= 4 is 15.9 Å². The number of aryl methyl sites for hydroxylation is 2. The summed E-state index contributed by atoms with van der Waals surface area (Å²) < 4.78 is 14.1. The Morgan fingerprint density at radius 3 is 2.76 bits per heavy atom. The second kappa shape index (κ2) is 6.95. The van der Waals surface area contributed by atoms with Crippen molar-refractivity contribution in [1.82, 2.24) is 9.78 Å². The zero-order chi connectivity index (χ0) is 15.4. The summed E-state index contributed by atoms with van der Waals surface area (Å²) in [5, 5.41) is 4.46. The Morgan fingerprint density at radius 2 is 2.14 bits per heavy atom. The molecule has 0 atom stereocenters. The molecule has 0 aliphatic rings. The zero-order valence-corrected chi connectivity index (χ0v) is 14.1. The number of rotatable bonds is 6. The van der Waals surface area contributed by atoms with E-state index in [-0.39, 0.29) is 0 Å². The van der Waals surface area contributed by atoms with Gasteiger partial charge in [-0.05, 0) is 35.8 Å². The number of aromatic nitrogens is 2. The fourth-order valence-corrected chi connectivity index (χ4v) is 2.52. The second-order valence-corrected chi connectivity index (χ2v) is 5.42. The van der Waals surface area contributed by atoms with Gasteiger partial charge >= 0.3 is 0 Å². The monoisotopic (exact) mass is 353 g/mol. The molecule has 0 amide bonds. The van der Waals surface area contributed by atoms with E-state index < -0.39 is 0 Å². The number of halogens is 1. The van der Waals surface area contributed by atoms with E-state index in [4.69, 9.17) is 15.2 Å². The highest BCUT2D eigenvalue weighted by Crippen LogP contribution is 2.27. The first-order chi connectivity index (χ1) is 10.1. The highest BCUT2D eigenvalue weighted by Gasteiger charge is 2.13. The van der Waals surface area contributed by atoms with E-state index in [1.54, 1.807) is 7.11 Å². The van der Waals surface area contributed by atoms with Gasteiger partial charge in [0.15, 0.2) is 0 Å². The Kier molecular flexibility index (Phi) is 5.25. The van der Waals surface area contributed by atoms with Gasteiger partial charge in [-0.1, -0.05) is 6.07 Å². The molecule has 1 aromatic heterocycles. The van der Waals surface area contributed by atoms with Crippen LogP contribution in [0.5, 0.6) is 11.5 Å². The highest BCUT2D eigenvalue weighted by atomic mass is 79.9. The van der Waals surface area contributed by atoms with E-state index in [0.717, 1.165) is 39.5 Å². The topological polar surface area (TPSA) is 62.3 Å². The van der Waals surface area contributed by atoms with Gasteiger partial charge in [-0.25, -0.2) is 0 Å². The van der Waals surface area contributed by atoms with Gasteiger partial charge < -0.3 is 15.2 Å². The smallest absolute Gasteiger partial charge is 0.131 e. The molecule has 6 heteroatoms. The number of hydrogen-bond donors (Lipinski definition) is 1. The van der Waals surface area contributed by atoms with Gasteiger partial charge in [-0.15, -0.1) is 0 Å². The Hall–Kier alpha value is -1.53. The fourth-order valence-electron chi connectivity index (χ4n) is 2.12. The third-order valence-electron chi connectivity index (χ3n) is 3.31. The molecule has 0 spiro atoms. The molecule has 0 aliphatic carbocycles. The number of nitrogens with zero attached hydrogens (tertiary/aromatic N) is 2. The van der Waals surface area contributed by atoms with E-state index in [2.05, 4.69) is 28.0 Å². The number of nitrogens with two attached hydrogens (primary N) is 1. The largest absolute Gasteiger partial charge is 0.497 e.